The Morgan fingerprint density at radius 3 is 2.68 bits per heavy atom. The summed E-state index contributed by atoms with van der Waals surface area (Å²) >= 11 is 0. The summed E-state index contributed by atoms with van der Waals surface area (Å²) in [5.41, 5.74) is 0. The lowest BCUT2D eigenvalue weighted by molar-refractivity contribution is 0.0338. The van der Waals surface area contributed by atoms with Crippen LogP contribution < -0.4 is 0 Å². The van der Waals surface area contributed by atoms with Gasteiger partial charge in [-0.05, 0) is 44.6 Å². The Kier molecular flexibility index (Phi) is 5.66. The van der Waals surface area contributed by atoms with Crippen LogP contribution in [0.2, 0.25) is 0 Å². The van der Waals surface area contributed by atoms with Gasteiger partial charge in [-0.25, -0.2) is 0 Å². The number of hydrogen-bond donors (Lipinski definition) is 0. The van der Waals surface area contributed by atoms with Crippen molar-refractivity contribution in [3.8, 4) is 6.07 Å². The van der Waals surface area contributed by atoms with Crippen LogP contribution in [0, 0.1) is 23.2 Å². The second-order valence-electron chi connectivity index (χ2n) is 6.11. The first-order chi connectivity index (χ1) is 9.28. The lowest BCUT2D eigenvalue weighted by Crippen LogP contribution is -2.47. The third-order valence-corrected chi connectivity index (χ3v) is 5.01. The zero-order valence-corrected chi connectivity index (χ0v) is 12.5. The molecule has 4 unspecified atom stereocenters. The van der Waals surface area contributed by atoms with E-state index >= 15 is 0 Å². The molecular weight excluding hydrogens is 236 g/mol. The maximum absolute atomic E-state index is 9.42. The highest BCUT2D eigenvalue weighted by Crippen LogP contribution is 2.34. The monoisotopic (exact) mass is 264 g/mol. The molecular formula is C16H28N2O. The maximum atomic E-state index is 9.42. The van der Waals surface area contributed by atoms with Gasteiger partial charge in [-0.1, -0.05) is 20.3 Å². The Morgan fingerprint density at radius 1 is 1.26 bits per heavy atom. The molecule has 0 amide bonds. The zero-order valence-electron chi connectivity index (χ0n) is 12.5. The molecule has 108 valence electrons. The fraction of sp³-hybridized carbons (Fsp3) is 0.938. The summed E-state index contributed by atoms with van der Waals surface area (Å²) in [7, 11) is 0. The predicted octanol–water partition coefficient (Wildman–Crippen LogP) is 3.21. The highest BCUT2D eigenvalue weighted by atomic mass is 16.5. The van der Waals surface area contributed by atoms with Gasteiger partial charge in [-0.15, -0.1) is 0 Å². The molecule has 1 aliphatic carbocycles. The van der Waals surface area contributed by atoms with Crippen LogP contribution in [0.15, 0.2) is 0 Å². The molecule has 1 saturated heterocycles. The first-order valence-corrected chi connectivity index (χ1v) is 8.03. The first kappa shape index (κ1) is 14.8. The zero-order chi connectivity index (χ0) is 13.7. The molecule has 2 fully saturated rings. The Morgan fingerprint density at radius 2 is 2.11 bits per heavy atom. The predicted molar refractivity (Wildman–Crippen MR) is 76.7 cm³/mol. The minimum absolute atomic E-state index is 0.226. The highest BCUT2D eigenvalue weighted by molar-refractivity contribution is 4.97. The minimum Gasteiger partial charge on any atom is -0.377 e. The maximum Gasteiger partial charge on any atom is 0.0702 e. The summed E-state index contributed by atoms with van der Waals surface area (Å²) < 4.78 is 5.77. The number of nitriles is 1. The molecule has 0 aromatic carbocycles. The summed E-state index contributed by atoms with van der Waals surface area (Å²) in [6.45, 7) is 7.49. The Hall–Kier alpha value is -0.590. The van der Waals surface area contributed by atoms with Gasteiger partial charge in [0.25, 0.3) is 0 Å². The second-order valence-corrected chi connectivity index (χ2v) is 6.11. The average Bonchev–Trinajstić information content (AvgIpc) is 2.97. The van der Waals surface area contributed by atoms with Crippen molar-refractivity contribution in [2.45, 2.75) is 64.5 Å². The molecule has 19 heavy (non-hydrogen) atoms. The standard InChI is InChI=1S/C16H28N2O/c1-3-13-7-8-14(11-17)16(10-13)18(4-2)12-15-6-5-9-19-15/h13-16H,3-10,12H2,1-2H3. The van der Waals surface area contributed by atoms with E-state index in [1.165, 1.54) is 32.1 Å². The lowest BCUT2D eigenvalue weighted by atomic mass is 9.77. The molecule has 3 nitrogen and oxygen atoms in total. The van der Waals surface area contributed by atoms with Crippen LogP contribution >= 0.6 is 0 Å². The molecule has 0 aromatic heterocycles. The van der Waals surface area contributed by atoms with Crippen LogP contribution in [0.4, 0.5) is 0 Å². The molecule has 0 spiro atoms. The number of rotatable bonds is 5. The summed E-state index contributed by atoms with van der Waals surface area (Å²) in [5.74, 6) is 1.04. The topological polar surface area (TPSA) is 36.3 Å². The molecule has 0 radical (unpaired) electrons. The van der Waals surface area contributed by atoms with E-state index in [9.17, 15) is 5.26 Å². The molecule has 2 rings (SSSR count). The van der Waals surface area contributed by atoms with E-state index in [0.29, 0.717) is 12.1 Å². The highest BCUT2D eigenvalue weighted by Gasteiger charge is 2.34. The molecule has 1 aliphatic heterocycles. The van der Waals surface area contributed by atoms with Crippen LogP contribution in [0.5, 0.6) is 0 Å². The van der Waals surface area contributed by atoms with Crippen LogP contribution in [0.3, 0.4) is 0 Å². The summed E-state index contributed by atoms with van der Waals surface area (Å²) in [4.78, 5) is 2.52. The van der Waals surface area contributed by atoms with Crippen molar-refractivity contribution in [2.75, 3.05) is 19.7 Å². The molecule has 4 atom stereocenters. The van der Waals surface area contributed by atoms with E-state index in [1.54, 1.807) is 0 Å². The van der Waals surface area contributed by atoms with Crippen molar-refractivity contribution in [1.82, 2.24) is 4.90 Å². The van der Waals surface area contributed by atoms with Crippen molar-refractivity contribution < 1.29 is 4.74 Å². The van der Waals surface area contributed by atoms with Crippen LogP contribution in [0.25, 0.3) is 0 Å². The smallest absolute Gasteiger partial charge is 0.0702 e. The van der Waals surface area contributed by atoms with Crippen LogP contribution in [-0.4, -0.2) is 36.7 Å². The summed E-state index contributed by atoms with van der Waals surface area (Å²) in [6.07, 6.45) is 7.58. The van der Waals surface area contributed by atoms with Gasteiger partial charge in [0.2, 0.25) is 0 Å². The Bertz CT molecular complexity index is 306. The van der Waals surface area contributed by atoms with E-state index in [1.807, 2.05) is 0 Å². The summed E-state index contributed by atoms with van der Waals surface area (Å²) in [6, 6.07) is 3.01. The molecule has 1 saturated carbocycles. The van der Waals surface area contributed by atoms with E-state index in [4.69, 9.17) is 4.74 Å². The van der Waals surface area contributed by atoms with Crippen molar-refractivity contribution >= 4 is 0 Å². The number of likely N-dealkylation sites (N-methyl/N-ethyl adjacent to an activating group) is 1. The summed E-state index contributed by atoms with van der Waals surface area (Å²) in [5, 5.41) is 9.42. The van der Waals surface area contributed by atoms with Crippen molar-refractivity contribution in [3.05, 3.63) is 0 Å². The Balaban J connectivity index is 1.98. The third-order valence-electron chi connectivity index (χ3n) is 5.01. The SMILES string of the molecule is CCC1CCC(C#N)C(N(CC)CC2CCCO2)C1. The normalized spacial score (nSPS) is 35.5. The molecule has 1 heterocycles. The van der Waals surface area contributed by atoms with E-state index < -0.39 is 0 Å². The van der Waals surface area contributed by atoms with E-state index in [0.717, 1.165) is 32.0 Å². The van der Waals surface area contributed by atoms with E-state index in [2.05, 4.69) is 24.8 Å². The van der Waals surface area contributed by atoms with Gasteiger partial charge >= 0.3 is 0 Å². The molecule has 0 bridgehead atoms. The average molecular weight is 264 g/mol. The lowest BCUT2D eigenvalue weighted by Gasteiger charge is -2.40. The number of ether oxygens (including phenoxy) is 1. The van der Waals surface area contributed by atoms with Gasteiger partial charge in [0.15, 0.2) is 0 Å². The molecule has 0 N–H and O–H groups in total. The van der Waals surface area contributed by atoms with Crippen molar-refractivity contribution in [2.24, 2.45) is 11.8 Å². The molecule has 0 aromatic rings. The van der Waals surface area contributed by atoms with Gasteiger partial charge in [0.05, 0.1) is 18.1 Å². The van der Waals surface area contributed by atoms with Crippen LogP contribution in [0.1, 0.15) is 52.4 Å². The second kappa shape index (κ2) is 7.26. The van der Waals surface area contributed by atoms with Crippen molar-refractivity contribution in [3.63, 3.8) is 0 Å². The van der Waals surface area contributed by atoms with Gasteiger partial charge in [0, 0.05) is 19.2 Å². The van der Waals surface area contributed by atoms with Gasteiger partial charge < -0.3 is 4.74 Å². The quantitative estimate of drug-likeness (QED) is 0.765. The minimum atomic E-state index is 0.226. The number of hydrogen-bond acceptors (Lipinski definition) is 3. The number of nitrogens with zero attached hydrogens (tertiary/aromatic N) is 2. The third kappa shape index (κ3) is 3.70. The molecule has 2 aliphatic rings. The van der Waals surface area contributed by atoms with Gasteiger partial charge in [-0.2, -0.15) is 5.26 Å². The fourth-order valence-electron chi connectivity index (χ4n) is 3.71. The van der Waals surface area contributed by atoms with Crippen molar-refractivity contribution in [1.29, 1.82) is 5.26 Å². The van der Waals surface area contributed by atoms with Gasteiger partial charge in [0.1, 0.15) is 0 Å². The largest absolute Gasteiger partial charge is 0.377 e. The Labute approximate surface area is 117 Å². The fourth-order valence-corrected chi connectivity index (χ4v) is 3.71. The van der Waals surface area contributed by atoms with Gasteiger partial charge in [-0.3, -0.25) is 4.90 Å². The van der Waals surface area contributed by atoms with E-state index in [-0.39, 0.29) is 5.92 Å². The van der Waals surface area contributed by atoms with Crippen LogP contribution in [-0.2, 0) is 4.74 Å². The first-order valence-electron chi connectivity index (χ1n) is 8.03. The molecule has 3 heteroatoms.